The normalized spacial score (nSPS) is 17.7. The van der Waals surface area contributed by atoms with Gasteiger partial charge >= 0.3 is 12.0 Å². The van der Waals surface area contributed by atoms with Crippen LogP contribution in [0.4, 0.5) is 10.5 Å². The highest BCUT2D eigenvalue weighted by molar-refractivity contribution is 5.96. The lowest BCUT2D eigenvalue weighted by molar-refractivity contribution is 0.0594. The quantitative estimate of drug-likeness (QED) is 0.437. The largest absolute Gasteiger partial charge is 0.480 e. The smallest absolute Gasteiger partial charge is 0.341 e. The van der Waals surface area contributed by atoms with Crippen LogP contribution in [-0.2, 0) is 4.74 Å². The van der Waals surface area contributed by atoms with Crippen molar-refractivity contribution in [3.05, 3.63) is 95.6 Å². The summed E-state index contributed by atoms with van der Waals surface area (Å²) in [5.41, 5.74) is 2.69. The van der Waals surface area contributed by atoms with E-state index < -0.39 is 12.1 Å². The van der Waals surface area contributed by atoms with E-state index in [1.165, 1.54) is 7.11 Å². The van der Waals surface area contributed by atoms with Crippen molar-refractivity contribution in [3.8, 4) is 5.75 Å². The van der Waals surface area contributed by atoms with Crippen LogP contribution in [0.2, 0.25) is 0 Å². The van der Waals surface area contributed by atoms with E-state index in [4.69, 9.17) is 9.47 Å². The third kappa shape index (κ3) is 6.01. The molecule has 182 valence electrons. The van der Waals surface area contributed by atoms with Crippen LogP contribution in [0.1, 0.15) is 47.9 Å². The van der Waals surface area contributed by atoms with Gasteiger partial charge in [-0.2, -0.15) is 0 Å². The SMILES string of the molecule is COC(=O)c1cc(NC(=O)N2CC(C)CC(C)C2)ccc1OC(c1ccccc1)c1ccccc1. The van der Waals surface area contributed by atoms with Crippen molar-refractivity contribution in [1.82, 2.24) is 4.90 Å². The number of amides is 2. The molecular weight excluding hydrogens is 440 g/mol. The molecule has 0 aliphatic carbocycles. The van der Waals surface area contributed by atoms with Gasteiger partial charge in [-0.15, -0.1) is 0 Å². The zero-order valence-electron chi connectivity index (χ0n) is 20.4. The van der Waals surface area contributed by atoms with Crippen LogP contribution in [0.3, 0.4) is 0 Å². The van der Waals surface area contributed by atoms with Gasteiger partial charge in [0.25, 0.3) is 0 Å². The average molecular weight is 473 g/mol. The summed E-state index contributed by atoms with van der Waals surface area (Å²) in [4.78, 5) is 27.4. The Labute approximate surface area is 206 Å². The molecular formula is C29H32N2O4. The van der Waals surface area contributed by atoms with Gasteiger partial charge in [0.1, 0.15) is 17.4 Å². The second-order valence-corrected chi connectivity index (χ2v) is 9.30. The lowest BCUT2D eigenvalue weighted by atomic mass is 9.92. The Morgan fingerprint density at radius 3 is 2.00 bits per heavy atom. The summed E-state index contributed by atoms with van der Waals surface area (Å²) < 4.78 is 11.5. The number of benzene rings is 3. The Kier molecular flexibility index (Phi) is 7.70. The van der Waals surface area contributed by atoms with Crippen LogP contribution in [0, 0.1) is 11.8 Å². The van der Waals surface area contributed by atoms with E-state index in [2.05, 4.69) is 19.2 Å². The van der Waals surface area contributed by atoms with Gasteiger partial charge in [0.2, 0.25) is 0 Å². The van der Waals surface area contributed by atoms with Crippen molar-refractivity contribution in [2.45, 2.75) is 26.4 Å². The fraction of sp³-hybridized carbons (Fsp3) is 0.310. The molecule has 1 aliphatic heterocycles. The molecule has 35 heavy (non-hydrogen) atoms. The average Bonchev–Trinajstić information content (AvgIpc) is 2.87. The summed E-state index contributed by atoms with van der Waals surface area (Å²) in [5, 5.41) is 2.94. The van der Waals surface area contributed by atoms with Crippen LogP contribution in [-0.4, -0.2) is 37.1 Å². The standard InChI is InChI=1S/C29H32N2O4/c1-20-16-21(2)19-31(18-20)29(33)30-24-14-15-26(25(17-24)28(32)34-3)35-27(22-10-6-4-7-11-22)23-12-8-5-9-13-23/h4-15,17,20-21,27H,16,18-19H2,1-3H3,(H,30,33). The Bertz CT molecular complexity index is 1100. The molecule has 4 rings (SSSR count). The predicted molar refractivity (Wildman–Crippen MR) is 137 cm³/mol. The molecule has 2 atom stereocenters. The molecule has 3 aromatic rings. The van der Waals surface area contributed by atoms with E-state index >= 15 is 0 Å². The zero-order chi connectivity index (χ0) is 24.8. The van der Waals surface area contributed by atoms with Crippen molar-refractivity contribution in [1.29, 1.82) is 0 Å². The number of nitrogens with one attached hydrogen (secondary N) is 1. The Morgan fingerprint density at radius 2 is 1.46 bits per heavy atom. The number of piperidine rings is 1. The van der Waals surface area contributed by atoms with E-state index in [1.807, 2.05) is 65.6 Å². The van der Waals surface area contributed by atoms with E-state index in [0.717, 1.165) is 30.6 Å². The third-order valence-electron chi connectivity index (χ3n) is 6.24. The molecule has 2 unspecified atom stereocenters. The molecule has 6 heteroatoms. The Hall–Kier alpha value is -3.80. The highest BCUT2D eigenvalue weighted by atomic mass is 16.5. The van der Waals surface area contributed by atoms with Gasteiger partial charge in [-0.3, -0.25) is 0 Å². The molecule has 0 aromatic heterocycles. The van der Waals surface area contributed by atoms with E-state index in [9.17, 15) is 9.59 Å². The van der Waals surface area contributed by atoms with Gasteiger partial charge in [0.15, 0.2) is 0 Å². The van der Waals surface area contributed by atoms with Crippen molar-refractivity contribution in [3.63, 3.8) is 0 Å². The number of rotatable bonds is 6. The molecule has 1 N–H and O–H groups in total. The number of esters is 1. The van der Waals surface area contributed by atoms with Crippen LogP contribution in [0.25, 0.3) is 0 Å². The number of carbonyl (C=O) groups excluding carboxylic acids is 2. The molecule has 1 fully saturated rings. The number of carbonyl (C=O) groups is 2. The number of urea groups is 1. The molecule has 0 spiro atoms. The molecule has 3 aromatic carbocycles. The van der Waals surface area contributed by atoms with E-state index in [1.54, 1.807) is 18.2 Å². The van der Waals surface area contributed by atoms with Gasteiger partial charge in [-0.1, -0.05) is 74.5 Å². The fourth-order valence-electron chi connectivity index (χ4n) is 4.72. The van der Waals surface area contributed by atoms with Crippen LogP contribution < -0.4 is 10.1 Å². The van der Waals surface area contributed by atoms with Crippen molar-refractivity contribution in [2.24, 2.45) is 11.8 Å². The number of anilines is 1. The van der Waals surface area contributed by atoms with Gasteiger partial charge in [0, 0.05) is 18.8 Å². The molecule has 0 saturated carbocycles. The minimum absolute atomic E-state index is 0.167. The number of ether oxygens (including phenoxy) is 2. The second-order valence-electron chi connectivity index (χ2n) is 9.30. The van der Waals surface area contributed by atoms with Crippen molar-refractivity contribution >= 4 is 17.7 Å². The molecule has 1 aliphatic rings. The van der Waals surface area contributed by atoms with Gasteiger partial charge in [0.05, 0.1) is 7.11 Å². The summed E-state index contributed by atoms with van der Waals surface area (Å²) >= 11 is 0. The minimum Gasteiger partial charge on any atom is -0.480 e. The van der Waals surface area contributed by atoms with Gasteiger partial charge in [-0.25, -0.2) is 9.59 Å². The summed E-state index contributed by atoms with van der Waals surface area (Å²) in [6.45, 7) is 5.76. The first-order valence-corrected chi connectivity index (χ1v) is 12.0. The summed E-state index contributed by atoms with van der Waals surface area (Å²) in [7, 11) is 1.33. The van der Waals surface area contributed by atoms with E-state index in [0.29, 0.717) is 23.3 Å². The fourth-order valence-corrected chi connectivity index (χ4v) is 4.72. The molecule has 0 radical (unpaired) electrons. The van der Waals surface area contributed by atoms with Crippen LogP contribution >= 0.6 is 0 Å². The van der Waals surface area contributed by atoms with Crippen LogP contribution in [0.5, 0.6) is 5.75 Å². The minimum atomic E-state index is -0.531. The highest BCUT2D eigenvalue weighted by Gasteiger charge is 2.26. The Morgan fingerprint density at radius 1 is 0.886 bits per heavy atom. The maximum atomic E-state index is 12.9. The number of hydrogen-bond donors (Lipinski definition) is 1. The lowest BCUT2D eigenvalue weighted by Crippen LogP contribution is -2.44. The van der Waals surface area contributed by atoms with E-state index in [-0.39, 0.29) is 11.6 Å². The number of nitrogens with zero attached hydrogens (tertiary/aromatic N) is 1. The zero-order valence-corrected chi connectivity index (χ0v) is 20.4. The topological polar surface area (TPSA) is 67.9 Å². The van der Waals surface area contributed by atoms with Crippen LogP contribution in [0.15, 0.2) is 78.9 Å². The molecule has 1 heterocycles. The van der Waals surface area contributed by atoms with Crippen molar-refractivity contribution < 1.29 is 19.1 Å². The number of hydrogen-bond acceptors (Lipinski definition) is 4. The molecule has 0 bridgehead atoms. The number of methoxy groups -OCH3 is 1. The first-order valence-electron chi connectivity index (χ1n) is 12.0. The third-order valence-corrected chi connectivity index (χ3v) is 6.24. The Balaban J connectivity index is 1.61. The predicted octanol–water partition coefficient (Wildman–Crippen LogP) is 6.15. The first kappa shape index (κ1) is 24.3. The summed E-state index contributed by atoms with van der Waals surface area (Å²) in [6, 6.07) is 24.6. The monoisotopic (exact) mass is 472 g/mol. The second kappa shape index (κ2) is 11.1. The summed E-state index contributed by atoms with van der Waals surface area (Å²) in [5.74, 6) is 0.765. The molecule has 2 amide bonds. The number of likely N-dealkylation sites (tertiary alicyclic amines) is 1. The molecule has 6 nitrogen and oxygen atoms in total. The maximum absolute atomic E-state index is 12.9. The van der Waals surface area contributed by atoms with Gasteiger partial charge < -0.3 is 19.7 Å². The summed E-state index contributed by atoms with van der Waals surface area (Å²) in [6.07, 6.45) is 0.698. The maximum Gasteiger partial charge on any atom is 0.341 e. The van der Waals surface area contributed by atoms with Gasteiger partial charge in [-0.05, 0) is 47.6 Å². The molecule has 1 saturated heterocycles. The first-order chi connectivity index (χ1) is 16.9. The highest BCUT2D eigenvalue weighted by Crippen LogP contribution is 2.32. The lowest BCUT2D eigenvalue weighted by Gasteiger charge is -2.35. The van der Waals surface area contributed by atoms with Crippen molar-refractivity contribution in [2.75, 3.05) is 25.5 Å².